The third-order valence-corrected chi connectivity index (χ3v) is 12.4. The second kappa shape index (κ2) is 29.8. The smallest absolute Gasteiger partial charge is 0.411 e. The first-order valence-electron chi connectivity index (χ1n) is 24.6. The van der Waals surface area contributed by atoms with Crippen LogP contribution >= 0.6 is 31.9 Å². The maximum Gasteiger partial charge on any atom is 0.411 e. The van der Waals surface area contributed by atoms with Gasteiger partial charge in [0.15, 0.2) is 0 Å². The van der Waals surface area contributed by atoms with Gasteiger partial charge < -0.3 is 49.8 Å². The molecule has 0 aromatic heterocycles. The summed E-state index contributed by atoms with van der Waals surface area (Å²) in [6, 6.07) is 23.2. The van der Waals surface area contributed by atoms with Gasteiger partial charge in [-0.05, 0) is 103 Å². The number of hydrogen-bond donors (Lipinski definition) is 5. The highest BCUT2D eigenvalue weighted by molar-refractivity contribution is 9.08. The van der Waals surface area contributed by atoms with E-state index in [0.717, 1.165) is 39.7 Å². The van der Waals surface area contributed by atoms with Gasteiger partial charge in [0.05, 0.1) is 51.2 Å². The lowest BCUT2D eigenvalue weighted by Gasteiger charge is -2.26. The van der Waals surface area contributed by atoms with Gasteiger partial charge in [0.2, 0.25) is 0 Å². The molecule has 0 unspecified atom stereocenters. The van der Waals surface area contributed by atoms with E-state index < -0.39 is 89.4 Å². The summed E-state index contributed by atoms with van der Waals surface area (Å²) in [5.41, 5.74) is 8.89. The number of rotatable bonds is 13. The number of aliphatic hydroxyl groups is 1. The second-order valence-electron chi connectivity index (χ2n) is 21.1. The molecule has 75 heavy (non-hydrogen) atoms. The molecule has 19 nitrogen and oxygen atoms in total. The number of nitrogens with zero attached hydrogens (tertiary/aromatic N) is 3. The van der Waals surface area contributed by atoms with Crippen molar-refractivity contribution in [2.75, 3.05) is 26.2 Å². The Morgan fingerprint density at radius 3 is 1.13 bits per heavy atom. The van der Waals surface area contributed by atoms with Gasteiger partial charge in [0.25, 0.3) is 0 Å². The van der Waals surface area contributed by atoms with Gasteiger partial charge in [-0.1, -0.05) is 111 Å². The van der Waals surface area contributed by atoms with Crippen molar-refractivity contribution >= 4 is 68.0 Å². The standard InChI is InChI=1S/C28H40N2O10.C10H17NO5.C8H8Br2.C8H11N/c1-27(2,3)39-25(35)29-13-19(11-21(29)23(31)32)37-15-17-7-9-18(10-8-17)16-38-20-12-22(24(33)34)30(14-20)26(36)40-28(4,5)6;1-10(2,3)16-9(15)11-5-6(12)4-7(11)8(13)14;9-5-7-1-2-8(6-10)4-3-7;9-7-6-8-4-2-1-3-5-8/h7-10,19-22H,11-16H2,1-6H3,(H,31,32)(H,33,34);6-7,12H,4-5H2,1-3H3,(H,13,14);1-4H,5-6H2;1-5H,6-7,9H2/t19-,20-,21-,22-;6-,7-;;/m00../s1. The highest BCUT2D eigenvalue weighted by atomic mass is 79.9. The molecular weight excluding hydrogens is 1100 g/mol. The van der Waals surface area contributed by atoms with E-state index in [2.05, 4.69) is 68.3 Å². The Bertz CT molecular complexity index is 2180. The molecule has 0 saturated carbocycles. The van der Waals surface area contributed by atoms with Gasteiger partial charge in [-0.25, -0.2) is 28.8 Å². The number of ether oxygens (including phenoxy) is 5. The van der Waals surface area contributed by atoms with Crippen LogP contribution < -0.4 is 5.73 Å². The summed E-state index contributed by atoms with van der Waals surface area (Å²) in [6.45, 7) is 16.9. The van der Waals surface area contributed by atoms with E-state index in [1.807, 2.05) is 42.5 Å². The quantitative estimate of drug-likeness (QED) is 0.0791. The summed E-state index contributed by atoms with van der Waals surface area (Å²) in [6.07, 6.45) is -2.38. The van der Waals surface area contributed by atoms with Crippen molar-refractivity contribution in [1.82, 2.24) is 14.7 Å². The molecule has 21 heteroatoms. The Kier molecular flexibility index (Phi) is 25.5. The number of aliphatic hydroxyl groups excluding tert-OH is 1. The maximum absolute atomic E-state index is 12.5. The summed E-state index contributed by atoms with van der Waals surface area (Å²) >= 11 is 6.78. The lowest BCUT2D eigenvalue weighted by Crippen LogP contribution is -2.43. The number of likely N-dealkylation sites (tertiary alicyclic amines) is 3. The Morgan fingerprint density at radius 1 is 0.507 bits per heavy atom. The van der Waals surface area contributed by atoms with Crippen LogP contribution in [0.5, 0.6) is 0 Å². The molecule has 3 amide bonds. The molecule has 3 aromatic rings. The maximum atomic E-state index is 12.5. The van der Waals surface area contributed by atoms with Gasteiger partial charge in [-0.2, -0.15) is 0 Å². The Morgan fingerprint density at radius 2 is 0.827 bits per heavy atom. The summed E-state index contributed by atoms with van der Waals surface area (Å²) in [7, 11) is 0. The average Bonchev–Trinajstić information content (AvgIpc) is 4.08. The molecule has 6 rings (SSSR count). The molecule has 3 saturated heterocycles. The van der Waals surface area contributed by atoms with E-state index in [-0.39, 0.29) is 52.1 Å². The van der Waals surface area contributed by atoms with Crippen molar-refractivity contribution in [2.45, 2.75) is 165 Å². The zero-order valence-electron chi connectivity index (χ0n) is 44.4. The van der Waals surface area contributed by atoms with Crippen LogP contribution in [0.15, 0.2) is 78.9 Å². The second-order valence-corrected chi connectivity index (χ2v) is 22.2. The summed E-state index contributed by atoms with van der Waals surface area (Å²) in [5, 5.41) is 39.2. The first-order valence-corrected chi connectivity index (χ1v) is 26.9. The van der Waals surface area contributed by atoms with Crippen molar-refractivity contribution in [3.05, 3.63) is 107 Å². The minimum absolute atomic E-state index is 0.00583. The number of halogens is 2. The van der Waals surface area contributed by atoms with Crippen molar-refractivity contribution in [3.8, 4) is 0 Å². The Balaban J connectivity index is 0.000000339. The first kappa shape index (κ1) is 64.0. The number of carbonyl (C=O) groups excluding carboxylic acids is 3. The van der Waals surface area contributed by atoms with Crippen molar-refractivity contribution in [3.63, 3.8) is 0 Å². The fourth-order valence-corrected chi connectivity index (χ4v) is 8.36. The predicted molar refractivity (Wildman–Crippen MR) is 287 cm³/mol. The summed E-state index contributed by atoms with van der Waals surface area (Å²) in [5.74, 6) is -3.33. The minimum Gasteiger partial charge on any atom is -0.480 e. The van der Waals surface area contributed by atoms with Gasteiger partial charge in [-0.3, -0.25) is 14.7 Å². The molecule has 0 bridgehead atoms. The molecule has 3 aromatic carbocycles. The number of alkyl halides is 2. The van der Waals surface area contributed by atoms with Crippen LogP contribution in [0, 0.1) is 0 Å². The minimum atomic E-state index is -1.12. The molecule has 0 radical (unpaired) electrons. The molecular formula is C54H76Br2N4O15. The third kappa shape index (κ3) is 23.2. The molecule has 3 heterocycles. The SMILES string of the molecule is BrCc1ccc(CBr)cc1.CC(C)(C)OC(=O)N1C[C@@H](O)C[C@H]1C(=O)O.CC(C)(C)OC(=O)N1C[C@@H](OCc2ccc(CO[C@H]3C[C@@H](C(=O)O)N(C(=O)OC(C)(C)C)C3)cc2)C[C@H]1C(=O)O.NCCc1ccccc1. The summed E-state index contributed by atoms with van der Waals surface area (Å²) in [4.78, 5) is 74.3. The number of nitrogens with two attached hydrogens (primary N) is 1. The molecule has 3 fully saturated rings. The zero-order chi connectivity index (χ0) is 56.3. The molecule has 416 valence electrons. The monoisotopic (exact) mass is 1180 g/mol. The zero-order valence-corrected chi connectivity index (χ0v) is 47.6. The van der Waals surface area contributed by atoms with Gasteiger partial charge in [0, 0.05) is 29.9 Å². The number of hydrogen-bond acceptors (Lipinski definition) is 13. The van der Waals surface area contributed by atoms with Crippen LogP contribution in [0.3, 0.4) is 0 Å². The fraction of sp³-hybridized carbons (Fsp3) is 0.556. The molecule has 0 aliphatic carbocycles. The van der Waals surface area contributed by atoms with Crippen LogP contribution in [-0.4, -0.2) is 151 Å². The largest absolute Gasteiger partial charge is 0.480 e. The molecule has 6 N–H and O–H groups in total. The topological polar surface area (TPSA) is 265 Å². The number of aliphatic carboxylic acids is 3. The number of benzene rings is 3. The number of β-amino-alcohol motifs (C(OH)–C–C–N with tert-alkyl or cyclic N) is 1. The van der Waals surface area contributed by atoms with Crippen LogP contribution in [0.1, 0.15) is 109 Å². The third-order valence-electron chi connectivity index (χ3n) is 11.1. The van der Waals surface area contributed by atoms with E-state index in [0.29, 0.717) is 0 Å². The van der Waals surface area contributed by atoms with E-state index in [1.54, 1.807) is 62.3 Å². The van der Waals surface area contributed by atoms with Crippen LogP contribution in [-0.2, 0) is 68.4 Å². The Labute approximate surface area is 457 Å². The highest BCUT2D eigenvalue weighted by Gasteiger charge is 2.44. The molecule has 3 aliphatic rings. The van der Waals surface area contributed by atoms with E-state index >= 15 is 0 Å². The normalized spacial score (nSPS) is 20.3. The molecule has 6 atom stereocenters. The van der Waals surface area contributed by atoms with Gasteiger partial charge in [0.1, 0.15) is 34.9 Å². The number of carbonyl (C=O) groups is 6. The van der Waals surface area contributed by atoms with Crippen LogP contribution in [0.2, 0.25) is 0 Å². The fourth-order valence-electron chi connectivity index (χ4n) is 7.61. The highest BCUT2D eigenvalue weighted by Crippen LogP contribution is 2.27. The van der Waals surface area contributed by atoms with E-state index in [9.17, 15) is 44.1 Å². The number of amides is 3. The Hall–Kier alpha value is -5.32. The van der Waals surface area contributed by atoms with Gasteiger partial charge >= 0.3 is 36.2 Å². The van der Waals surface area contributed by atoms with Crippen molar-refractivity contribution in [2.24, 2.45) is 5.73 Å². The molecule has 3 aliphatic heterocycles. The number of carboxylic acids is 3. The van der Waals surface area contributed by atoms with Crippen molar-refractivity contribution in [1.29, 1.82) is 0 Å². The van der Waals surface area contributed by atoms with Crippen LogP contribution in [0.25, 0.3) is 0 Å². The van der Waals surface area contributed by atoms with Gasteiger partial charge in [-0.15, -0.1) is 0 Å². The van der Waals surface area contributed by atoms with Crippen LogP contribution in [0.4, 0.5) is 14.4 Å². The number of carboxylic acid groups (broad SMARTS) is 3. The van der Waals surface area contributed by atoms with Crippen molar-refractivity contribution < 1.29 is 72.9 Å². The first-order chi connectivity index (χ1) is 35.0. The predicted octanol–water partition coefficient (Wildman–Crippen LogP) is 8.75. The lowest BCUT2D eigenvalue weighted by molar-refractivity contribution is -0.142. The van der Waals surface area contributed by atoms with E-state index in [4.69, 9.17) is 34.5 Å². The lowest BCUT2D eigenvalue weighted by atomic mass is 10.1. The summed E-state index contributed by atoms with van der Waals surface area (Å²) < 4.78 is 27.6. The van der Waals surface area contributed by atoms with E-state index in [1.165, 1.54) is 26.5 Å². The average molecular weight is 1180 g/mol. The molecule has 0 spiro atoms.